The van der Waals surface area contributed by atoms with Gasteiger partial charge in [0.1, 0.15) is 0 Å². The molecular formula is C10H23N3O3S. The molecule has 17 heavy (non-hydrogen) atoms. The molecule has 6 nitrogen and oxygen atoms in total. The lowest BCUT2D eigenvalue weighted by molar-refractivity contribution is 0.0585. The van der Waals surface area contributed by atoms with Gasteiger partial charge in [0.25, 0.3) is 10.2 Å². The van der Waals surface area contributed by atoms with Gasteiger partial charge in [-0.15, -0.1) is 0 Å². The average Bonchev–Trinajstić information content (AvgIpc) is 2.29. The lowest BCUT2D eigenvalue weighted by Gasteiger charge is -2.35. The predicted molar refractivity (Wildman–Crippen MR) is 66.6 cm³/mol. The van der Waals surface area contributed by atoms with Gasteiger partial charge in [0.05, 0.1) is 6.10 Å². The third-order valence-corrected chi connectivity index (χ3v) is 5.23. The molecule has 2 atom stereocenters. The summed E-state index contributed by atoms with van der Waals surface area (Å²) in [6.07, 6.45) is 0.773. The van der Waals surface area contributed by atoms with Gasteiger partial charge < -0.3 is 10.8 Å². The molecule has 0 aromatic carbocycles. The Labute approximate surface area is 104 Å². The second-order valence-corrected chi connectivity index (χ2v) is 6.70. The summed E-state index contributed by atoms with van der Waals surface area (Å²) >= 11 is 0. The van der Waals surface area contributed by atoms with Gasteiger partial charge in [0.15, 0.2) is 0 Å². The van der Waals surface area contributed by atoms with E-state index in [1.54, 1.807) is 7.05 Å². The van der Waals surface area contributed by atoms with Crippen molar-refractivity contribution in [2.45, 2.75) is 25.9 Å². The van der Waals surface area contributed by atoms with Crippen molar-refractivity contribution >= 4 is 10.2 Å². The smallest absolute Gasteiger partial charge is 0.281 e. The van der Waals surface area contributed by atoms with Gasteiger partial charge in [-0.25, -0.2) is 0 Å². The standard InChI is InChI=1S/C10H23N3O3S/c1-9-4-7-13(8-10(9)14)17(15,16)12(2)6-3-5-11/h9-10,14H,3-8,11H2,1-2H3. The van der Waals surface area contributed by atoms with Gasteiger partial charge in [-0.1, -0.05) is 6.92 Å². The maximum atomic E-state index is 12.1. The maximum Gasteiger partial charge on any atom is 0.281 e. The SMILES string of the molecule is CC1CCN(S(=O)(=O)N(C)CCCN)CC1O. The summed E-state index contributed by atoms with van der Waals surface area (Å²) in [6, 6.07) is 0. The first-order chi connectivity index (χ1) is 7.89. The molecular weight excluding hydrogens is 242 g/mol. The Morgan fingerprint density at radius 1 is 1.53 bits per heavy atom. The largest absolute Gasteiger partial charge is 0.391 e. The summed E-state index contributed by atoms with van der Waals surface area (Å²) < 4.78 is 27.0. The summed E-state index contributed by atoms with van der Waals surface area (Å²) in [5.41, 5.74) is 5.36. The number of hydrogen-bond acceptors (Lipinski definition) is 4. The van der Waals surface area contributed by atoms with E-state index in [1.165, 1.54) is 8.61 Å². The summed E-state index contributed by atoms with van der Waals surface area (Å²) in [7, 11) is -1.89. The van der Waals surface area contributed by atoms with Crippen molar-refractivity contribution in [3.05, 3.63) is 0 Å². The molecule has 1 saturated heterocycles. The highest BCUT2D eigenvalue weighted by Crippen LogP contribution is 2.20. The van der Waals surface area contributed by atoms with E-state index in [4.69, 9.17) is 5.73 Å². The first-order valence-corrected chi connectivity index (χ1v) is 7.38. The minimum absolute atomic E-state index is 0.163. The molecule has 0 saturated carbocycles. The van der Waals surface area contributed by atoms with Crippen LogP contribution in [0.1, 0.15) is 19.8 Å². The molecule has 0 amide bonds. The van der Waals surface area contributed by atoms with Crippen LogP contribution in [0.5, 0.6) is 0 Å². The Morgan fingerprint density at radius 2 is 2.18 bits per heavy atom. The molecule has 3 N–H and O–H groups in total. The molecule has 0 radical (unpaired) electrons. The fourth-order valence-electron chi connectivity index (χ4n) is 1.86. The molecule has 0 aliphatic carbocycles. The molecule has 1 aliphatic rings. The third-order valence-electron chi connectivity index (χ3n) is 3.28. The van der Waals surface area contributed by atoms with Crippen LogP contribution in [0.3, 0.4) is 0 Å². The van der Waals surface area contributed by atoms with E-state index in [0.717, 1.165) is 0 Å². The normalized spacial score (nSPS) is 27.6. The van der Waals surface area contributed by atoms with Crippen LogP contribution in [0.15, 0.2) is 0 Å². The van der Waals surface area contributed by atoms with Crippen LogP contribution in [0, 0.1) is 5.92 Å². The Hall–Kier alpha value is -0.210. The first-order valence-electron chi connectivity index (χ1n) is 5.99. The maximum absolute atomic E-state index is 12.1. The van der Waals surface area contributed by atoms with Gasteiger partial charge in [0.2, 0.25) is 0 Å². The zero-order valence-electron chi connectivity index (χ0n) is 10.5. The number of nitrogens with two attached hydrogens (primary N) is 1. The van der Waals surface area contributed by atoms with Crippen molar-refractivity contribution in [2.24, 2.45) is 11.7 Å². The first kappa shape index (κ1) is 14.8. The van der Waals surface area contributed by atoms with E-state index in [-0.39, 0.29) is 12.5 Å². The number of piperidine rings is 1. The molecule has 1 rings (SSSR count). The fraction of sp³-hybridized carbons (Fsp3) is 1.00. The second-order valence-electron chi connectivity index (χ2n) is 4.66. The van der Waals surface area contributed by atoms with Gasteiger partial charge in [-0.2, -0.15) is 17.0 Å². The molecule has 0 aromatic heterocycles. The van der Waals surface area contributed by atoms with Crippen LogP contribution in [0.25, 0.3) is 0 Å². The van der Waals surface area contributed by atoms with E-state index in [0.29, 0.717) is 32.5 Å². The number of nitrogens with zero attached hydrogens (tertiary/aromatic N) is 2. The van der Waals surface area contributed by atoms with Crippen LogP contribution in [-0.2, 0) is 10.2 Å². The molecule has 1 heterocycles. The number of β-amino-alcohol motifs (C(OH)–C–C–N with tert-alkyl or cyclic N) is 1. The van der Waals surface area contributed by atoms with Gasteiger partial charge >= 0.3 is 0 Å². The van der Waals surface area contributed by atoms with Gasteiger partial charge in [0, 0.05) is 26.7 Å². The topological polar surface area (TPSA) is 86.9 Å². The molecule has 1 fully saturated rings. The fourth-order valence-corrected chi connectivity index (χ4v) is 3.29. The molecule has 2 unspecified atom stereocenters. The number of rotatable bonds is 5. The Morgan fingerprint density at radius 3 is 2.71 bits per heavy atom. The van der Waals surface area contributed by atoms with E-state index in [9.17, 15) is 13.5 Å². The van der Waals surface area contributed by atoms with Crippen LogP contribution in [0.4, 0.5) is 0 Å². The van der Waals surface area contributed by atoms with Crippen molar-refractivity contribution in [3.8, 4) is 0 Å². The van der Waals surface area contributed by atoms with E-state index in [2.05, 4.69) is 0 Å². The molecule has 0 bridgehead atoms. The summed E-state index contributed by atoms with van der Waals surface area (Å²) in [4.78, 5) is 0. The summed E-state index contributed by atoms with van der Waals surface area (Å²) in [5, 5.41) is 9.72. The van der Waals surface area contributed by atoms with Crippen molar-refractivity contribution in [1.82, 2.24) is 8.61 Å². The Balaban J connectivity index is 2.64. The quantitative estimate of drug-likeness (QED) is 0.682. The molecule has 7 heteroatoms. The van der Waals surface area contributed by atoms with E-state index >= 15 is 0 Å². The van der Waals surface area contributed by atoms with Crippen molar-refractivity contribution in [2.75, 3.05) is 33.2 Å². The monoisotopic (exact) mass is 265 g/mol. The zero-order chi connectivity index (χ0) is 13.1. The Kier molecular flexibility index (Phi) is 5.33. The minimum atomic E-state index is -3.44. The lowest BCUT2D eigenvalue weighted by Crippen LogP contribution is -2.50. The highest BCUT2D eigenvalue weighted by Gasteiger charge is 2.33. The highest BCUT2D eigenvalue weighted by molar-refractivity contribution is 7.86. The summed E-state index contributed by atoms with van der Waals surface area (Å²) in [6.45, 7) is 3.50. The molecule has 0 spiro atoms. The van der Waals surface area contributed by atoms with Gasteiger partial charge in [-0.05, 0) is 25.3 Å². The van der Waals surface area contributed by atoms with Crippen molar-refractivity contribution < 1.29 is 13.5 Å². The minimum Gasteiger partial charge on any atom is -0.391 e. The number of aliphatic hydroxyl groups excluding tert-OH is 1. The van der Waals surface area contributed by atoms with Gasteiger partial charge in [-0.3, -0.25) is 0 Å². The Bertz CT molecular complexity index is 334. The summed E-state index contributed by atoms with van der Waals surface area (Å²) in [5.74, 6) is 0.163. The van der Waals surface area contributed by atoms with Crippen LogP contribution < -0.4 is 5.73 Å². The molecule has 102 valence electrons. The third kappa shape index (κ3) is 3.62. The van der Waals surface area contributed by atoms with E-state index in [1.807, 2.05) is 6.92 Å². The average molecular weight is 265 g/mol. The molecule has 0 aromatic rings. The van der Waals surface area contributed by atoms with Crippen molar-refractivity contribution in [1.29, 1.82) is 0 Å². The van der Waals surface area contributed by atoms with Crippen molar-refractivity contribution in [3.63, 3.8) is 0 Å². The number of hydrogen-bond donors (Lipinski definition) is 2. The number of aliphatic hydroxyl groups is 1. The lowest BCUT2D eigenvalue weighted by atomic mass is 9.98. The second kappa shape index (κ2) is 6.10. The zero-order valence-corrected chi connectivity index (χ0v) is 11.4. The van der Waals surface area contributed by atoms with Crippen LogP contribution in [-0.4, -0.2) is 61.5 Å². The molecule has 1 aliphatic heterocycles. The predicted octanol–water partition coefficient (Wildman–Crippen LogP) is -0.785. The highest BCUT2D eigenvalue weighted by atomic mass is 32.2. The van der Waals surface area contributed by atoms with Crippen LogP contribution in [0.2, 0.25) is 0 Å². The van der Waals surface area contributed by atoms with Crippen LogP contribution >= 0.6 is 0 Å². The van der Waals surface area contributed by atoms with E-state index < -0.39 is 16.3 Å².